The van der Waals surface area contributed by atoms with Crippen LogP contribution >= 0.6 is 0 Å². The lowest BCUT2D eigenvalue weighted by atomic mass is 9.87. The Morgan fingerprint density at radius 3 is 2.22 bits per heavy atom. The zero-order chi connectivity index (χ0) is 23.1. The van der Waals surface area contributed by atoms with Crippen molar-refractivity contribution in [3.05, 3.63) is 77.9 Å². The fraction of sp³-hybridized carbons (Fsp3) is 0.346. The van der Waals surface area contributed by atoms with Crippen LogP contribution in [-0.4, -0.2) is 29.4 Å². The summed E-state index contributed by atoms with van der Waals surface area (Å²) in [6.07, 6.45) is -4.38. The van der Waals surface area contributed by atoms with E-state index >= 15 is 0 Å². The van der Waals surface area contributed by atoms with Gasteiger partial charge in [0.2, 0.25) is 5.91 Å². The molecule has 3 nitrogen and oxygen atoms in total. The first-order valence-corrected chi connectivity index (χ1v) is 10.7. The molecule has 168 valence electrons. The van der Waals surface area contributed by atoms with Crippen LogP contribution in [0.1, 0.15) is 37.8 Å². The molecule has 2 atom stereocenters. The van der Waals surface area contributed by atoms with Crippen LogP contribution in [0.4, 0.5) is 18.9 Å². The third-order valence-corrected chi connectivity index (χ3v) is 6.32. The predicted octanol–water partition coefficient (Wildman–Crippen LogP) is 6.31. The van der Waals surface area contributed by atoms with Crippen LogP contribution in [0, 0.1) is 5.92 Å². The summed E-state index contributed by atoms with van der Waals surface area (Å²) >= 11 is 0. The minimum atomic E-state index is -4.38. The van der Waals surface area contributed by atoms with Crippen molar-refractivity contribution in [3.8, 4) is 0 Å². The zero-order valence-electron chi connectivity index (χ0n) is 18.4. The Labute approximate surface area is 186 Å². The van der Waals surface area contributed by atoms with E-state index in [4.69, 9.17) is 0 Å². The van der Waals surface area contributed by atoms with Crippen molar-refractivity contribution in [1.29, 1.82) is 0 Å². The molecule has 4 rings (SSSR count). The van der Waals surface area contributed by atoms with Gasteiger partial charge in [-0.2, -0.15) is 13.2 Å². The summed E-state index contributed by atoms with van der Waals surface area (Å²) in [5.74, 6) is -0.672. The van der Waals surface area contributed by atoms with Gasteiger partial charge in [0.1, 0.15) is 0 Å². The molecule has 1 aliphatic heterocycles. The van der Waals surface area contributed by atoms with Crippen molar-refractivity contribution in [3.63, 3.8) is 0 Å². The van der Waals surface area contributed by atoms with E-state index in [1.165, 1.54) is 12.1 Å². The summed E-state index contributed by atoms with van der Waals surface area (Å²) in [7, 11) is 0. The van der Waals surface area contributed by atoms with Crippen molar-refractivity contribution in [2.45, 2.75) is 38.4 Å². The number of nitrogens with one attached hydrogen (secondary N) is 1. The molecule has 3 aromatic rings. The second-order valence-electron chi connectivity index (χ2n) is 9.42. The molecule has 0 unspecified atom stereocenters. The second-order valence-corrected chi connectivity index (χ2v) is 9.42. The number of alkyl halides is 3. The summed E-state index contributed by atoms with van der Waals surface area (Å²) in [5, 5.41) is 5.08. The molecule has 3 aromatic carbocycles. The number of amides is 1. The highest BCUT2D eigenvalue weighted by molar-refractivity contribution is 6.03. The number of likely N-dealkylation sites (tertiary alicyclic amines) is 1. The van der Waals surface area contributed by atoms with Crippen LogP contribution in [0.5, 0.6) is 0 Å². The smallest absolute Gasteiger partial charge is 0.325 e. The van der Waals surface area contributed by atoms with Crippen LogP contribution in [0.2, 0.25) is 0 Å². The summed E-state index contributed by atoms with van der Waals surface area (Å²) in [4.78, 5) is 15.6. The molecule has 0 bridgehead atoms. The minimum absolute atomic E-state index is 0.113. The van der Waals surface area contributed by atoms with Gasteiger partial charge in [0.15, 0.2) is 0 Å². The van der Waals surface area contributed by atoms with Gasteiger partial charge in [-0.25, -0.2) is 0 Å². The zero-order valence-corrected chi connectivity index (χ0v) is 18.4. The third kappa shape index (κ3) is 4.51. The van der Waals surface area contributed by atoms with Gasteiger partial charge in [0.05, 0.1) is 11.5 Å². The third-order valence-electron chi connectivity index (χ3n) is 6.32. The van der Waals surface area contributed by atoms with Gasteiger partial charge in [0.25, 0.3) is 0 Å². The topological polar surface area (TPSA) is 32.3 Å². The highest BCUT2D eigenvalue weighted by Gasteiger charge is 2.42. The second kappa shape index (κ2) is 8.24. The lowest BCUT2D eigenvalue weighted by Crippen LogP contribution is -2.40. The van der Waals surface area contributed by atoms with E-state index in [0.717, 1.165) is 34.2 Å². The molecule has 32 heavy (non-hydrogen) atoms. The fourth-order valence-corrected chi connectivity index (χ4v) is 4.43. The number of hydrogen-bond acceptors (Lipinski definition) is 2. The number of hydrogen-bond donors (Lipinski definition) is 1. The molecule has 0 aliphatic carbocycles. The summed E-state index contributed by atoms with van der Waals surface area (Å²) < 4.78 is 39.1. The molecule has 0 radical (unpaired) electrons. The Morgan fingerprint density at radius 2 is 1.56 bits per heavy atom. The van der Waals surface area contributed by atoms with Crippen molar-refractivity contribution in [2.24, 2.45) is 5.92 Å². The van der Waals surface area contributed by atoms with E-state index < -0.39 is 11.7 Å². The van der Waals surface area contributed by atoms with Gasteiger partial charge < -0.3 is 5.32 Å². The SMILES string of the molecule is CC(C)(C)N1C[C@H](C(=O)Nc2cccc3ccccc23)[C@@H](c2ccc(C(F)(F)F)cc2)C1. The number of benzene rings is 3. The summed E-state index contributed by atoms with van der Waals surface area (Å²) in [6, 6.07) is 18.9. The van der Waals surface area contributed by atoms with Gasteiger partial charge in [0, 0.05) is 35.6 Å². The van der Waals surface area contributed by atoms with E-state index in [2.05, 4.69) is 31.0 Å². The first-order valence-electron chi connectivity index (χ1n) is 10.7. The maximum atomic E-state index is 13.4. The maximum absolute atomic E-state index is 13.4. The van der Waals surface area contributed by atoms with Crippen molar-refractivity contribution >= 4 is 22.4 Å². The van der Waals surface area contributed by atoms with E-state index in [0.29, 0.717) is 13.1 Å². The van der Waals surface area contributed by atoms with Gasteiger partial charge in [-0.15, -0.1) is 0 Å². The van der Waals surface area contributed by atoms with E-state index in [-0.39, 0.29) is 23.3 Å². The Hall–Kier alpha value is -2.86. The van der Waals surface area contributed by atoms with Crippen LogP contribution in [0.3, 0.4) is 0 Å². The Balaban J connectivity index is 1.64. The Bertz CT molecular complexity index is 1110. The standard InChI is InChI=1S/C26H27F3N2O/c1-25(2,3)31-15-21(18-11-13-19(14-12-18)26(27,28)29)22(16-31)24(32)30-23-10-6-8-17-7-4-5-9-20(17)23/h4-14,21-22H,15-16H2,1-3H3,(H,30,32)/t21-,22+/m1/s1. The van der Waals surface area contributed by atoms with Gasteiger partial charge in [-0.3, -0.25) is 9.69 Å². The number of nitrogens with zero attached hydrogens (tertiary/aromatic N) is 1. The van der Waals surface area contributed by atoms with Crippen molar-refractivity contribution in [2.75, 3.05) is 18.4 Å². The predicted molar refractivity (Wildman–Crippen MR) is 122 cm³/mol. The normalized spacial score (nSPS) is 19.9. The molecule has 1 amide bonds. The number of fused-ring (bicyclic) bond motifs is 1. The quantitative estimate of drug-likeness (QED) is 0.518. The maximum Gasteiger partial charge on any atom is 0.416 e. The first-order chi connectivity index (χ1) is 15.0. The molecule has 0 spiro atoms. The molecule has 1 saturated heterocycles. The van der Waals surface area contributed by atoms with Crippen LogP contribution in [0.25, 0.3) is 10.8 Å². The fourth-order valence-electron chi connectivity index (χ4n) is 4.43. The molecule has 0 aromatic heterocycles. The summed E-state index contributed by atoms with van der Waals surface area (Å²) in [5.41, 5.74) is 0.665. The Kier molecular flexibility index (Phi) is 5.76. The lowest BCUT2D eigenvalue weighted by Gasteiger charge is -2.31. The number of carbonyl (C=O) groups excluding carboxylic acids is 1. The first kappa shape index (κ1) is 22.3. The molecule has 0 saturated carbocycles. The number of rotatable bonds is 3. The molecule has 6 heteroatoms. The van der Waals surface area contributed by atoms with Crippen molar-refractivity contribution < 1.29 is 18.0 Å². The average Bonchev–Trinajstić information content (AvgIpc) is 3.20. The number of carbonyl (C=O) groups is 1. The van der Waals surface area contributed by atoms with Crippen LogP contribution in [0.15, 0.2) is 66.7 Å². The van der Waals surface area contributed by atoms with E-state index in [1.807, 2.05) is 42.5 Å². The number of halogens is 3. The molecular weight excluding hydrogens is 413 g/mol. The van der Waals surface area contributed by atoms with Gasteiger partial charge in [-0.1, -0.05) is 48.5 Å². The lowest BCUT2D eigenvalue weighted by molar-refractivity contribution is -0.137. The monoisotopic (exact) mass is 440 g/mol. The van der Waals surface area contributed by atoms with E-state index in [1.54, 1.807) is 0 Å². The largest absolute Gasteiger partial charge is 0.416 e. The van der Waals surface area contributed by atoms with E-state index in [9.17, 15) is 18.0 Å². The highest BCUT2D eigenvalue weighted by Crippen LogP contribution is 2.38. The molecule has 1 aliphatic rings. The molecular formula is C26H27F3N2O. The molecule has 1 heterocycles. The van der Waals surface area contributed by atoms with Gasteiger partial charge in [-0.05, 0) is 49.9 Å². The van der Waals surface area contributed by atoms with Crippen LogP contribution < -0.4 is 5.32 Å². The number of anilines is 1. The van der Waals surface area contributed by atoms with Gasteiger partial charge >= 0.3 is 6.18 Å². The highest BCUT2D eigenvalue weighted by atomic mass is 19.4. The summed E-state index contributed by atoms with van der Waals surface area (Å²) in [6.45, 7) is 7.42. The van der Waals surface area contributed by atoms with Crippen LogP contribution in [-0.2, 0) is 11.0 Å². The average molecular weight is 441 g/mol. The Morgan fingerprint density at radius 1 is 0.906 bits per heavy atom. The minimum Gasteiger partial charge on any atom is -0.325 e. The van der Waals surface area contributed by atoms with Crippen molar-refractivity contribution in [1.82, 2.24) is 4.90 Å². The molecule has 1 N–H and O–H groups in total. The molecule has 1 fully saturated rings.